The fourth-order valence-electron chi connectivity index (χ4n) is 1.37. The van der Waals surface area contributed by atoms with E-state index < -0.39 is 40.6 Å². The summed E-state index contributed by atoms with van der Waals surface area (Å²) in [6.45, 7) is 3.09. The Morgan fingerprint density at radius 3 is 2.24 bits per heavy atom. The highest BCUT2D eigenvalue weighted by Crippen LogP contribution is 2.48. The van der Waals surface area contributed by atoms with E-state index in [-0.39, 0.29) is 13.2 Å². The van der Waals surface area contributed by atoms with Crippen molar-refractivity contribution in [1.82, 2.24) is 0 Å². The van der Waals surface area contributed by atoms with E-state index in [0.29, 0.717) is 12.1 Å². The molecule has 0 spiro atoms. The molecule has 0 radical (unpaired) electrons. The minimum Gasteiger partial charge on any atom is -0.307 e. The summed E-state index contributed by atoms with van der Waals surface area (Å²) >= 11 is 0. The van der Waals surface area contributed by atoms with Gasteiger partial charge in [-0.2, -0.15) is 8.42 Å². The lowest BCUT2D eigenvalue weighted by Crippen LogP contribution is -2.12. The Morgan fingerprint density at radius 1 is 1.14 bits per heavy atom. The molecule has 0 heterocycles. The third-order valence-electron chi connectivity index (χ3n) is 2.18. The topological polar surface area (TPSA) is 78.9 Å². The van der Waals surface area contributed by atoms with Crippen LogP contribution in [0.15, 0.2) is 23.1 Å². The zero-order chi connectivity index (χ0) is 16.1. The summed E-state index contributed by atoms with van der Waals surface area (Å²) in [5.41, 5.74) is 0. The van der Waals surface area contributed by atoms with Crippen LogP contribution in [0.2, 0.25) is 0 Å². The quantitative estimate of drug-likeness (QED) is 0.533. The van der Waals surface area contributed by atoms with Gasteiger partial charge in [0.1, 0.15) is 16.5 Å². The van der Waals surface area contributed by atoms with Crippen LogP contribution in [0.25, 0.3) is 0 Å². The molecule has 1 aromatic carbocycles. The zero-order valence-electron chi connectivity index (χ0n) is 11.4. The molecule has 0 aromatic heterocycles. The molecule has 0 bridgehead atoms. The Balaban J connectivity index is 2.95. The van der Waals surface area contributed by atoms with Gasteiger partial charge < -0.3 is 9.05 Å². The molecule has 0 N–H and O–H groups in total. The molecule has 0 aliphatic rings. The van der Waals surface area contributed by atoms with Crippen LogP contribution in [0.3, 0.4) is 0 Å². The molecule has 0 atom stereocenters. The molecule has 0 fully saturated rings. The normalized spacial score (nSPS) is 12.6. The Hall–Kier alpha value is -0.860. The van der Waals surface area contributed by atoms with Crippen LogP contribution < -0.4 is 0 Å². The minimum absolute atomic E-state index is 0.00894. The van der Waals surface area contributed by atoms with Crippen LogP contribution in [0.5, 0.6) is 0 Å². The first-order valence-electron chi connectivity index (χ1n) is 5.96. The second-order valence-corrected chi connectivity index (χ2v) is 7.30. The van der Waals surface area contributed by atoms with E-state index >= 15 is 0 Å². The van der Waals surface area contributed by atoms with E-state index in [4.69, 9.17) is 9.05 Å². The summed E-state index contributed by atoms with van der Waals surface area (Å²) in [6, 6.07) is 1.88. The molecule has 0 saturated heterocycles. The van der Waals surface area contributed by atoms with Crippen LogP contribution in [0.1, 0.15) is 13.8 Å². The second-order valence-electron chi connectivity index (χ2n) is 3.72. The van der Waals surface area contributed by atoms with E-state index in [1.807, 2.05) is 0 Å². The molecule has 1 aromatic rings. The lowest BCUT2D eigenvalue weighted by molar-refractivity contribution is 0.197. The molecule has 10 heteroatoms. The molecule has 0 unspecified atom stereocenters. The standard InChI is InChI=1S/C11H15F2O6PS/c1-3-17-20(14,18-4-2)8-19-21(15,16)11-7-9(12)5-6-10(11)13/h5-7H,3-4,8H2,1-2H3. The summed E-state index contributed by atoms with van der Waals surface area (Å²) in [7, 11) is -8.41. The predicted octanol–water partition coefficient (Wildman–Crippen LogP) is 2.89. The summed E-state index contributed by atoms with van der Waals surface area (Å²) in [6.07, 6.45) is -0.924. The maximum Gasteiger partial charge on any atom is 0.357 e. The Labute approximate surface area is 121 Å². The van der Waals surface area contributed by atoms with Crippen molar-refractivity contribution in [2.75, 3.05) is 19.6 Å². The molecular weight excluding hydrogens is 329 g/mol. The van der Waals surface area contributed by atoms with E-state index in [2.05, 4.69) is 4.18 Å². The van der Waals surface area contributed by atoms with Gasteiger partial charge in [0.25, 0.3) is 0 Å². The van der Waals surface area contributed by atoms with Crippen molar-refractivity contribution >= 4 is 17.7 Å². The molecule has 1 rings (SSSR count). The second kappa shape index (κ2) is 7.42. The zero-order valence-corrected chi connectivity index (χ0v) is 13.1. The molecule has 6 nitrogen and oxygen atoms in total. The maximum atomic E-state index is 13.4. The van der Waals surface area contributed by atoms with Crippen molar-refractivity contribution in [2.45, 2.75) is 18.7 Å². The fourth-order valence-corrected chi connectivity index (χ4v) is 4.14. The van der Waals surface area contributed by atoms with Crippen molar-refractivity contribution in [3.8, 4) is 0 Å². The molecule has 0 aliphatic heterocycles. The average Bonchev–Trinajstić information content (AvgIpc) is 2.40. The van der Waals surface area contributed by atoms with E-state index in [9.17, 15) is 21.8 Å². The Bertz CT molecular complexity index is 624. The molecule has 0 aliphatic carbocycles. The summed E-state index contributed by atoms with van der Waals surface area (Å²) in [4.78, 5) is -0.984. The van der Waals surface area contributed by atoms with Crippen LogP contribution in [-0.2, 0) is 27.9 Å². The lowest BCUT2D eigenvalue weighted by atomic mass is 10.3. The number of hydrogen-bond acceptors (Lipinski definition) is 6. The lowest BCUT2D eigenvalue weighted by Gasteiger charge is -2.16. The van der Waals surface area contributed by atoms with Crippen molar-refractivity contribution in [3.63, 3.8) is 0 Å². The number of halogens is 2. The number of benzene rings is 1. The largest absolute Gasteiger partial charge is 0.357 e. The van der Waals surface area contributed by atoms with Crippen LogP contribution >= 0.6 is 7.60 Å². The van der Waals surface area contributed by atoms with Crippen molar-refractivity contribution < 1.29 is 35.0 Å². The van der Waals surface area contributed by atoms with Gasteiger partial charge in [-0.25, -0.2) is 8.78 Å². The van der Waals surface area contributed by atoms with Gasteiger partial charge in [-0.3, -0.25) is 8.75 Å². The number of rotatable bonds is 8. The van der Waals surface area contributed by atoms with Crippen molar-refractivity contribution in [1.29, 1.82) is 0 Å². The van der Waals surface area contributed by atoms with Crippen molar-refractivity contribution in [3.05, 3.63) is 29.8 Å². The first-order valence-corrected chi connectivity index (χ1v) is 9.10. The van der Waals surface area contributed by atoms with Gasteiger partial charge in [0.15, 0.2) is 6.35 Å². The monoisotopic (exact) mass is 344 g/mol. The molecular formula is C11H15F2O6PS. The van der Waals surface area contributed by atoms with Crippen molar-refractivity contribution in [2.24, 2.45) is 0 Å². The first kappa shape index (κ1) is 18.2. The molecule has 0 saturated carbocycles. The highest BCUT2D eigenvalue weighted by atomic mass is 32.2. The average molecular weight is 344 g/mol. The summed E-state index contributed by atoms with van der Waals surface area (Å²) in [5, 5.41) is 0. The van der Waals surface area contributed by atoms with Gasteiger partial charge in [-0.15, -0.1) is 0 Å². The highest BCUT2D eigenvalue weighted by Gasteiger charge is 2.30. The van der Waals surface area contributed by atoms with Crippen LogP contribution in [-0.4, -0.2) is 28.0 Å². The van der Waals surface area contributed by atoms with Gasteiger partial charge in [0.2, 0.25) is 0 Å². The van der Waals surface area contributed by atoms with Crippen LogP contribution in [0.4, 0.5) is 8.78 Å². The van der Waals surface area contributed by atoms with E-state index in [1.165, 1.54) is 13.8 Å². The maximum absolute atomic E-state index is 13.4. The van der Waals surface area contributed by atoms with E-state index in [1.54, 1.807) is 0 Å². The Morgan fingerprint density at radius 2 is 1.71 bits per heavy atom. The SMILES string of the molecule is CCOP(=O)(COS(=O)(=O)c1cc(F)ccc1F)OCC. The molecule has 0 amide bonds. The third kappa shape index (κ3) is 5.12. The van der Waals surface area contributed by atoms with Gasteiger partial charge in [-0.1, -0.05) is 0 Å². The van der Waals surface area contributed by atoms with Gasteiger partial charge in [0, 0.05) is 0 Å². The van der Waals surface area contributed by atoms with Gasteiger partial charge in [0.05, 0.1) is 13.2 Å². The van der Waals surface area contributed by atoms with Gasteiger partial charge in [-0.05, 0) is 32.0 Å². The molecule has 21 heavy (non-hydrogen) atoms. The predicted molar refractivity (Wildman–Crippen MR) is 70.4 cm³/mol. The fraction of sp³-hybridized carbons (Fsp3) is 0.455. The molecule has 120 valence electrons. The Kier molecular flexibility index (Phi) is 6.42. The van der Waals surface area contributed by atoms with Crippen LogP contribution in [0, 0.1) is 11.6 Å². The van der Waals surface area contributed by atoms with E-state index in [0.717, 1.165) is 6.07 Å². The smallest absolute Gasteiger partial charge is 0.307 e. The van der Waals surface area contributed by atoms with Gasteiger partial charge >= 0.3 is 17.7 Å². The summed E-state index contributed by atoms with van der Waals surface area (Å²) in [5.74, 6) is -2.13. The highest BCUT2D eigenvalue weighted by molar-refractivity contribution is 7.87. The third-order valence-corrected chi connectivity index (χ3v) is 5.38. The summed E-state index contributed by atoms with van der Waals surface area (Å²) < 4.78 is 76.2. The first-order chi connectivity index (χ1) is 9.74. The number of hydrogen-bond donors (Lipinski definition) is 0. The minimum atomic E-state index is -4.63.